The van der Waals surface area contributed by atoms with Gasteiger partial charge in [-0.25, -0.2) is 10.3 Å². The van der Waals surface area contributed by atoms with Crippen LogP contribution in [0, 0.1) is 5.92 Å². The minimum atomic E-state index is -0.552. The fourth-order valence-electron chi connectivity index (χ4n) is 1.08. The van der Waals surface area contributed by atoms with Crippen molar-refractivity contribution in [2.45, 2.75) is 13.8 Å². The number of carbonyl (C=O) groups is 3. The van der Waals surface area contributed by atoms with Crippen LogP contribution in [0.4, 0.5) is 4.79 Å². The maximum Gasteiger partial charge on any atom is 0.325 e. The molecule has 1 heterocycles. The maximum absolute atomic E-state index is 11.3. The fraction of sp³-hybridized carbons (Fsp3) is 0.667. The van der Waals surface area contributed by atoms with Crippen LogP contribution >= 0.6 is 0 Å². The van der Waals surface area contributed by atoms with Crippen LogP contribution in [0.25, 0.3) is 0 Å². The summed E-state index contributed by atoms with van der Waals surface area (Å²) in [7, 11) is 0. The zero-order valence-corrected chi connectivity index (χ0v) is 9.28. The van der Waals surface area contributed by atoms with E-state index in [2.05, 4.69) is 10.8 Å². The van der Waals surface area contributed by atoms with Gasteiger partial charge in [-0.2, -0.15) is 0 Å². The third-order valence-electron chi connectivity index (χ3n) is 1.84. The predicted octanol–water partition coefficient (Wildman–Crippen LogP) is -0.758. The third-order valence-corrected chi connectivity index (χ3v) is 1.84. The number of nitrogens with one attached hydrogen (secondary N) is 2. The number of nitrogens with zero attached hydrogens (tertiary/aromatic N) is 1. The monoisotopic (exact) mass is 229 g/mol. The molecule has 16 heavy (non-hydrogen) atoms. The molecule has 0 saturated carbocycles. The van der Waals surface area contributed by atoms with Crippen LogP contribution in [0.15, 0.2) is 0 Å². The van der Waals surface area contributed by atoms with E-state index in [0.717, 1.165) is 4.90 Å². The Morgan fingerprint density at radius 3 is 2.75 bits per heavy atom. The zero-order valence-electron chi connectivity index (χ0n) is 9.28. The lowest BCUT2D eigenvalue weighted by Crippen LogP contribution is -2.41. The van der Waals surface area contributed by atoms with Gasteiger partial charge in [0.25, 0.3) is 11.8 Å². The first-order valence-electron chi connectivity index (χ1n) is 4.99. The van der Waals surface area contributed by atoms with Gasteiger partial charge in [0.05, 0.1) is 13.2 Å². The first kappa shape index (κ1) is 12.4. The van der Waals surface area contributed by atoms with Crippen LogP contribution in [0.5, 0.6) is 0 Å². The molecule has 0 atom stereocenters. The SMILES string of the molecule is CC(C)CONC(=O)CN1C(=O)CNC1=O. The molecule has 0 spiro atoms. The minimum absolute atomic E-state index is 0.0566. The Hall–Kier alpha value is -1.63. The molecule has 2 N–H and O–H groups in total. The number of amides is 4. The van der Waals surface area contributed by atoms with E-state index in [9.17, 15) is 14.4 Å². The maximum atomic E-state index is 11.3. The molecule has 7 nitrogen and oxygen atoms in total. The Morgan fingerprint density at radius 1 is 1.56 bits per heavy atom. The lowest BCUT2D eigenvalue weighted by Gasteiger charge is -2.12. The highest BCUT2D eigenvalue weighted by Crippen LogP contribution is 1.98. The number of carbonyl (C=O) groups excluding carboxylic acids is 3. The normalized spacial score (nSPS) is 15.6. The molecule has 7 heteroatoms. The van der Waals surface area contributed by atoms with Gasteiger partial charge in [-0.1, -0.05) is 13.8 Å². The summed E-state index contributed by atoms with van der Waals surface area (Å²) in [5, 5.41) is 2.32. The molecule has 1 aliphatic heterocycles. The Balaban J connectivity index is 2.28. The fourth-order valence-corrected chi connectivity index (χ4v) is 1.08. The van der Waals surface area contributed by atoms with E-state index in [-0.39, 0.29) is 19.0 Å². The van der Waals surface area contributed by atoms with Gasteiger partial charge in [0, 0.05) is 0 Å². The number of hydrogen-bond donors (Lipinski definition) is 2. The summed E-state index contributed by atoms with van der Waals surface area (Å²) in [5.74, 6) is -0.646. The van der Waals surface area contributed by atoms with Crippen LogP contribution in [-0.2, 0) is 14.4 Å². The van der Waals surface area contributed by atoms with Crippen molar-refractivity contribution >= 4 is 17.8 Å². The molecule has 0 aliphatic carbocycles. The molecule has 1 rings (SSSR count). The summed E-state index contributed by atoms with van der Waals surface area (Å²) < 4.78 is 0. The van der Waals surface area contributed by atoms with Crippen molar-refractivity contribution in [2.75, 3.05) is 19.7 Å². The van der Waals surface area contributed by atoms with Gasteiger partial charge in [0.1, 0.15) is 6.54 Å². The van der Waals surface area contributed by atoms with Gasteiger partial charge in [-0.05, 0) is 5.92 Å². The molecule has 0 aromatic rings. The van der Waals surface area contributed by atoms with Crippen LogP contribution < -0.4 is 10.8 Å². The highest BCUT2D eigenvalue weighted by atomic mass is 16.7. The van der Waals surface area contributed by atoms with Gasteiger partial charge in [-0.3, -0.25) is 19.3 Å². The van der Waals surface area contributed by atoms with Gasteiger partial charge < -0.3 is 5.32 Å². The second kappa shape index (κ2) is 5.45. The Kier molecular flexibility index (Phi) is 4.24. The zero-order chi connectivity index (χ0) is 12.1. The van der Waals surface area contributed by atoms with E-state index in [0.29, 0.717) is 6.61 Å². The van der Waals surface area contributed by atoms with Gasteiger partial charge in [0.15, 0.2) is 0 Å². The Morgan fingerprint density at radius 2 is 2.25 bits per heavy atom. The predicted molar refractivity (Wildman–Crippen MR) is 54.0 cm³/mol. The van der Waals surface area contributed by atoms with E-state index in [1.807, 2.05) is 13.8 Å². The van der Waals surface area contributed by atoms with Gasteiger partial charge in [-0.15, -0.1) is 0 Å². The molecule has 1 fully saturated rings. The molecule has 0 aromatic heterocycles. The standard InChI is InChI=1S/C9H15N3O4/c1-6(2)5-16-11-7(13)4-12-8(14)3-10-9(12)15/h6H,3-5H2,1-2H3,(H,10,15)(H,11,13). The topological polar surface area (TPSA) is 87.7 Å². The van der Waals surface area contributed by atoms with E-state index < -0.39 is 17.8 Å². The molecule has 0 bridgehead atoms. The lowest BCUT2D eigenvalue weighted by atomic mass is 10.2. The Bertz CT molecular complexity index is 287. The van der Waals surface area contributed by atoms with Crippen molar-refractivity contribution in [3.05, 3.63) is 0 Å². The van der Waals surface area contributed by atoms with Gasteiger partial charge >= 0.3 is 6.03 Å². The van der Waals surface area contributed by atoms with Crippen LogP contribution in [-0.4, -0.2) is 42.4 Å². The highest BCUT2D eigenvalue weighted by Gasteiger charge is 2.30. The molecule has 0 aromatic carbocycles. The first-order valence-corrected chi connectivity index (χ1v) is 4.99. The molecular formula is C9H15N3O4. The molecule has 0 radical (unpaired) electrons. The van der Waals surface area contributed by atoms with Crippen molar-refractivity contribution in [1.82, 2.24) is 15.7 Å². The molecule has 90 valence electrons. The molecule has 0 unspecified atom stereocenters. The lowest BCUT2D eigenvalue weighted by molar-refractivity contribution is -0.138. The highest BCUT2D eigenvalue weighted by molar-refractivity contribution is 6.04. The molecule has 4 amide bonds. The number of hydroxylamine groups is 1. The number of hydrogen-bond acceptors (Lipinski definition) is 4. The third kappa shape index (κ3) is 3.50. The first-order chi connectivity index (χ1) is 7.50. The molecule has 1 saturated heterocycles. The summed E-state index contributed by atoms with van der Waals surface area (Å²) in [4.78, 5) is 39.2. The quantitative estimate of drug-likeness (QED) is 0.479. The molecular weight excluding hydrogens is 214 g/mol. The average Bonchev–Trinajstić information content (AvgIpc) is 2.49. The van der Waals surface area contributed by atoms with Crippen molar-refractivity contribution in [3.63, 3.8) is 0 Å². The summed E-state index contributed by atoms with van der Waals surface area (Å²) in [6, 6.07) is -0.552. The van der Waals surface area contributed by atoms with E-state index in [1.165, 1.54) is 0 Å². The van der Waals surface area contributed by atoms with Crippen LogP contribution in [0.1, 0.15) is 13.8 Å². The van der Waals surface area contributed by atoms with Crippen LogP contribution in [0.3, 0.4) is 0 Å². The largest absolute Gasteiger partial charge is 0.329 e. The number of imide groups is 1. The number of urea groups is 1. The second-order valence-electron chi connectivity index (χ2n) is 3.87. The second-order valence-corrected chi connectivity index (χ2v) is 3.87. The van der Waals surface area contributed by atoms with Gasteiger partial charge in [0.2, 0.25) is 0 Å². The summed E-state index contributed by atoms with van der Waals surface area (Å²) in [6.07, 6.45) is 0. The van der Waals surface area contributed by atoms with Crippen LogP contribution in [0.2, 0.25) is 0 Å². The van der Waals surface area contributed by atoms with E-state index in [1.54, 1.807) is 0 Å². The molecule has 1 aliphatic rings. The minimum Gasteiger partial charge on any atom is -0.329 e. The summed E-state index contributed by atoms with van der Waals surface area (Å²) in [6.45, 7) is 3.88. The smallest absolute Gasteiger partial charge is 0.325 e. The van der Waals surface area contributed by atoms with E-state index >= 15 is 0 Å². The average molecular weight is 229 g/mol. The van der Waals surface area contributed by atoms with Crippen molar-refractivity contribution in [2.24, 2.45) is 5.92 Å². The summed E-state index contributed by atoms with van der Waals surface area (Å²) >= 11 is 0. The van der Waals surface area contributed by atoms with Crippen molar-refractivity contribution in [1.29, 1.82) is 0 Å². The Labute approximate surface area is 93.1 Å². The number of rotatable bonds is 5. The van der Waals surface area contributed by atoms with Crippen molar-refractivity contribution < 1.29 is 19.2 Å². The van der Waals surface area contributed by atoms with E-state index in [4.69, 9.17) is 4.84 Å². The summed E-state index contributed by atoms with van der Waals surface area (Å²) in [5.41, 5.74) is 2.17. The van der Waals surface area contributed by atoms with Crippen molar-refractivity contribution in [3.8, 4) is 0 Å².